The molecule has 0 aromatic rings. The zero-order valence-electron chi connectivity index (χ0n) is 13.2. The monoisotopic (exact) mass is 271 g/mol. The van der Waals surface area contributed by atoms with E-state index in [-0.39, 0.29) is 5.97 Å². The molecule has 0 amide bonds. The quantitative estimate of drug-likeness (QED) is 0.283. The first-order valence-electron chi connectivity index (χ1n) is 7.97. The van der Waals surface area contributed by atoms with E-state index in [1.807, 2.05) is 19.0 Å². The van der Waals surface area contributed by atoms with Crippen molar-refractivity contribution in [3.05, 3.63) is 0 Å². The number of esters is 1. The van der Waals surface area contributed by atoms with Gasteiger partial charge in [0.2, 0.25) is 0 Å². The molecular formula is C16H33NO2. The van der Waals surface area contributed by atoms with Crippen LogP contribution in [0.15, 0.2) is 0 Å². The summed E-state index contributed by atoms with van der Waals surface area (Å²) < 4.78 is 5.07. The van der Waals surface area contributed by atoms with Gasteiger partial charge in [0.25, 0.3) is 0 Å². The Hall–Kier alpha value is -0.570. The summed E-state index contributed by atoms with van der Waals surface area (Å²) in [4.78, 5) is 13.2. The minimum atomic E-state index is -0.0618. The maximum atomic E-state index is 11.3. The molecule has 0 aliphatic carbocycles. The molecular weight excluding hydrogens is 238 g/mol. The minimum Gasteiger partial charge on any atom is -0.450 e. The second-order valence-electron chi connectivity index (χ2n) is 5.66. The van der Waals surface area contributed by atoms with Crippen LogP contribution in [0.2, 0.25) is 0 Å². The molecule has 3 heteroatoms. The fourth-order valence-electron chi connectivity index (χ4n) is 2.03. The van der Waals surface area contributed by atoms with Crippen molar-refractivity contribution in [3.8, 4) is 0 Å². The molecule has 0 aromatic heterocycles. The van der Waals surface area contributed by atoms with E-state index < -0.39 is 0 Å². The van der Waals surface area contributed by atoms with Crippen LogP contribution < -0.4 is 0 Å². The molecule has 0 spiro atoms. The van der Waals surface area contributed by atoms with Crippen LogP contribution in [0.4, 0.5) is 0 Å². The van der Waals surface area contributed by atoms with Crippen molar-refractivity contribution < 1.29 is 9.53 Å². The minimum absolute atomic E-state index is 0.0618. The number of hydrogen-bond acceptors (Lipinski definition) is 3. The SMILES string of the molecule is CCCCCCCCCCCCC(=O)OCN(C)C. The van der Waals surface area contributed by atoms with Gasteiger partial charge in [-0.25, -0.2) is 0 Å². The van der Waals surface area contributed by atoms with Gasteiger partial charge in [0.05, 0.1) is 0 Å². The van der Waals surface area contributed by atoms with Crippen LogP contribution in [0.25, 0.3) is 0 Å². The number of carbonyl (C=O) groups excluding carboxylic acids is 1. The van der Waals surface area contributed by atoms with Crippen LogP contribution in [0.5, 0.6) is 0 Å². The van der Waals surface area contributed by atoms with Gasteiger partial charge in [-0.05, 0) is 20.5 Å². The summed E-state index contributed by atoms with van der Waals surface area (Å²) in [6.45, 7) is 2.65. The Morgan fingerprint density at radius 1 is 0.842 bits per heavy atom. The molecule has 0 heterocycles. The maximum absolute atomic E-state index is 11.3. The van der Waals surface area contributed by atoms with Crippen LogP contribution >= 0.6 is 0 Å². The summed E-state index contributed by atoms with van der Waals surface area (Å²) in [5.41, 5.74) is 0. The average Bonchev–Trinajstić information content (AvgIpc) is 2.38. The lowest BCUT2D eigenvalue weighted by Crippen LogP contribution is -2.19. The smallest absolute Gasteiger partial charge is 0.307 e. The lowest BCUT2D eigenvalue weighted by Gasteiger charge is -2.10. The normalized spacial score (nSPS) is 10.9. The van der Waals surface area contributed by atoms with Crippen molar-refractivity contribution in [2.75, 3.05) is 20.8 Å². The van der Waals surface area contributed by atoms with E-state index in [0.29, 0.717) is 13.2 Å². The highest BCUT2D eigenvalue weighted by Gasteiger charge is 2.02. The largest absolute Gasteiger partial charge is 0.450 e. The van der Waals surface area contributed by atoms with E-state index in [1.165, 1.54) is 51.4 Å². The van der Waals surface area contributed by atoms with Gasteiger partial charge >= 0.3 is 5.97 Å². The van der Waals surface area contributed by atoms with E-state index >= 15 is 0 Å². The van der Waals surface area contributed by atoms with E-state index in [9.17, 15) is 4.79 Å². The van der Waals surface area contributed by atoms with E-state index in [1.54, 1.807) is 0 Å². The third kappa shape index (κ3) is 15.4. The number of hydrogen-bond donors (Lipinski definition) is 0. The van der Waals surface area contributed by atoms with Gasteiger partial charge in [-0.15, -0.1) is 0 Å². The van der Waals surface area contributed by atoms with Gasteiger partial charge in [0.15, 0.2) is 0 Å². The molecule has 0 aromatic carbocycles. The number of rotatable bonds is 13. The van der Waals surface area contributed by atoms with Gasteiger partial charge in [0, 0.05) is 6.42 Å². The Kier molecular flexibility index (Phi) is 13.4. The van der Waals surface area contributed by atoms with Gasteiger partial charge in [-0.1, -0.05) is 64.7 Å². The van der Waals surface area contributed by atoms with Crippen molar-refractivity contribution in [3.63, 3.8) is 0 Å². The highest BCUT2D eigenvalue weighted by atomic mass is 16.5. The Morgan fingerprint density at radius 3 is 1.79 bits per heavy atom. The second kappa shape index (κ2) is 13.9. The molecule has 0 rings (SSSR count). The van der Waals surface area contributed by atoms with Gasteiger partial charge in [-0.2, -0.15) is 0 Å². The molecule has 19 heavy (non-hydrogen) atoms. The van der Waals surface area contributed by atoms with Gasteiger partial charge in [0.1, 0.15) is 6.73 Å². The van der Waals surface area contributed by atoms with Crippen molar-refractivity contribution >= 4 is 5.97 Å². The van der Waals surface area contributed by atoms with Crippen molar-refractivity contribution in [1.82, 2.24) is 4.90 Å². The third-order valence-corrected chi connectivity index (χ3v) is 3.22. The Morgan fingerprint density at radius 2 is 1.32 bits per heavy atom. The van der Waals surface area contributed by atoms with Crippen LogP contribution in [0, 0.1) is 0 Å². The predicted molar refractivity (Wildman–Crippen MR) is 81.1 cm³/mol. The topological polar surface area (TPSA) is 29.5 Å². The Bertz CT molecular complexity index is 205. The Balaban J connectivity index is 3.11. The molecule has 0 atom stereocenters. The lowest BCUT2D eigenvalue weighted by atomic mass is 10.1. The maximum Gasteiger partial charge on any atom is 0.307 e. The second-order valence-corrected chi connectivity index (χ2v) is 5.66. The van der Waals surface area contributed by atoms with E-state index in [4.69, 9.17) is 4.74 Å². The molecule has 114 valence electrons. The first-order chi connectivity index (χ1) is 9.16. The molecule has 0 fully saturated rings. The fourth-order valence-corrected chi connectivity index (χ4v) is 2.03. The molecule has 0 bridgehead atoms. The first kappa shape index (κ1) is 18.4. The molecule has 0 saturated heterocycles. The molecule has 3 nitrogen and oxygen atoms in total. The number of ether oxygens (including phenoxy) is 1. The highest BCUT2D eigenvalue weighted by molar-refractivity contribution is 5.69. The number of nitrogens with zero attached hydrogens (tertiary/aromatic N) is 1. The van der Waals surface area contributed by atoms with Crippen molar-refractivity contribution in [2.24, 2.45) is 0 Å². The zero-order chi connectivity index (χ0) is 14.3. The van der Waals surface area contributed by atoms with Crippen LogP contribution in [0.1, 0.15) is 77.6 Å². The summed E-state index contributed by atoms with van der Waals surface area (Å²) in [5.74, 6) is -0.0618. The van der Waals surface area contributed by atoms with E-state index in [2.05, 4.69) is 6.92 Å². The summed E-state index contributed by atoms with van der Waals surface area (Å²) in [5, 5.41) is 0. The molecule has 0 radical (unpaired) electrons. The summed E-state index contributed by atoms with van der Waals surface area (Å²) in [6, 6.07) is 0. The summed E-state index contributed by atoms with van der Waals surface area (Å²) in [6.07, 6.45) is 13.5. The zero-order valence-corrected chi connectivity index (χ0v) is 13.2. The molecule has 0 aliphatic rings. The van der Waals surface area contributed by atoms with Crippen LogP contribution in [-0.2, 0) is 9.53 Å². The number of carbonyl (C=O) groups is 1. The first-order valence-corrected chi connectivity index (χ1v) is 7.97. The standard InChI is InChI=1S/C16H33NO2/c1-4-5-6-7-8-9-10-11-12-13-14-16(18)19-15-17(2)3/h4-15H2,1-3H3. The van der Waals surface area contributed by atoms with Gasteiger partial charge < -0.3 is 4.74 Å². The summed E-state index contributed by atoms with van der Waals surface area (Å²) >= 11 is 0. The number of unbranched alkanes of at least 4 members (excludes halogenated alkanes) is 9. The van der Waals surface area contributed by atoms with E-state index in [0.717, 1.165) is 12.8 Å². The molecule has 0 aliphatic heterocycles. The Labute approximate surface area is 119 Å². The summed E-state index contributed by atoms with van der Waals surface area (Å²) in [7, 11) is 3.79. The third-order valence-electron chi connectivity index (χ3n) is 3.22. The molecule has 0 N–H and O–H groups in total. The molecule has 0 unspecified atom stereocenters. The van der Waals surface area contributed by atoms with Gasteiger partial charge in [-0.3, -0.25) is 9.69 Å². The predicted octanol–water partition coefficient (Wildman–Crippen LogP) is 4.36. The fraction of sp³-hybridized carbons (Fsp3) is 0.938. The van der Waals surface area contributed by atoms with Crippen molar-refractivity contribution in [1.29, 1.82) is 0 Å². The van der Waals surface area contributed by atoms with Crippen LogP contribution in [0.3, 0.4) is 0 Å². The lowest BCUT2D eigenvalue weighted by molar-refractivity contribution is -0.147. The highest BCUT2D eigenvalue weighted by Crippen LogP contribution is 2.11. The van der Waals surface area contributed by atoms with Crippen molar-refractivity contribution in [2.45, 2.75) is 77.6 Å². The average molecular weight is 271 g/mol. The molecule has 0 saturated carbocycles. The van der Waals surface area contributed by atoms with Crippen LogP contribution in [-0.4, -0.2) is 31.7 Å².